The topological polar surface area (TPSA) is 93.9 Å². The fourth-order valence-corrected chi connectivity index (χ4v) is 3.87. The van der Waals surface area contributed by atoms with Gasteiger partial charge in [-0.05, 0) is 36.6 Å². The molecule has 1 saturated heterocycles. The summed E-state index contributed by atoms with van der Waals surface area (Å²) in [5, 5.41) is 13.7. The average Bonchev–Trinajstić information content (AvgIpc) is 3.08. The van der Waals surface area contributed by atoms with Gasteiger partial charge in [-0.25, -0.2) is 4.79 Å². The molecule has 2 heterocycles. The van der Waals surface area contributed by atoms with Crippen LogP contribution < -0.4 is 14.8 Å². The normalized spacial score (nSPS) is 18.2. The number of halogens is 1. The summed E-state index contributed by atoms with van der Waals surface area (Å²) in [6.07, 6.45) is 2.54. The summed E-state index contributed by atoms with van der Waals surface area (Å²) >= 11 is 6.10. The number of non-ortho nitro benzene ring substituents is 1. The number of likely N-dealkylation sites (tertiary alicyclic amines) is 1. The quantitative estimate of drug-likeness (QED) is 0.573. The fraction of sp³-hybridized carbons (Fsp3) is 0.350. The van der Waals surface area contributed by atoms with Gasteiger partial charge in [0.1, 0.15) is 0 Å². The molecule has 29 heavy (non-hydrogen) atoms. The number of hydrogen-bond acceptors (Lipinski definition) is 5. The molecule has 1 fully saturated rings. The molecule has 2 amide bonds. The molecule has 1 atom stereocenters. The first-order valence-corrected chi connectivity index (χ1v) is 9.82. The number of rotatable bonds is 3. The van der Waals surface area contributed by atoms with Crippen LogP contribution in [0.4, 0.5) is 16.2 Å². The van der Waals surface area contributed by atoms with Crippen LogP contribution in [0.3, 0.4) is 0 Å². The molecule has 0 spiro atoms. The first-order valence-electron chi connectivity index (χ1n) is 9.44. The van der Waals surface area contributed by atoms with Crippen molar-refractivity contribution in [2.75, 3.05) is 25.1 Å². The number of urea groups is 1. The van der Waals surface area contributed by atoms with E-state index in [-0.39, 0.29) is 22.8 Å². The van der Waals surface area contributed by atoms with E-state index in [1.165, 1.54) is 18.2 Å². The minimum atomic E-state index is -0.530. The Morgan fingerprint density at radius 1 is 1.14 bits per heavy atom. The lowest BCUT2D eigenvalue weighted by Gasteiger charge is -2.26. The second kappa shape index (κ2) is 8.16. The lowest BCUT2D eigenvalue weighted by molar-refractivity contribution is -0.384. The third-order valence-corrected chi connectivity index (χ3v) is 5.39. The van der Waals surface area contributed by atoms with E-state index in [2.05, 4.69) is 5.32 Å². The molecule has 152 valence electrons. The Balaban J connectivity index is 1.52. The smallest absolute Gasteiger partial charge is 0.322 e. The lowest BCUT2D eigenvalue weighted by Crippen LogP contribution is -2.34. The largest absolute Gasteiger partial charge is 0.490 e. The standard InChI is InChI=1S/C20H20ClN3O5/c21-15-12-14(24(26)27)5-6-16(15)22-20(25)23-8-1-3-17(23)13-4-7-18-19(11-13)29-10-2-9-28-18/h4-7,11-12,17H,1-3,8-10H2,(H,22,25)/t17-/m0/s1. The molecule has 0 unspecified atom stereocenters. The Hall–Kier alpha value is -3.00. The Kier molecular flexibility index (Phi) is 5.44. The average molecular weight is 418 g/mol. The number of carbonyl (C=O) groups excluding carboxylic acids is 1. The highest BCUT2D eigenvalue weighted by atomic mass is 35.5. The van der Waals surface area contributed by atoms with Gasteiger partial charge in [-0.2, -0.15) is 0 Å². The number of benzene rings is 2. The number of nitrogens with one attached hydrogen (secondary N) is 1. The number of anilines is 1. The molecule has 0 saturated carbocycles. The summed E-state index contributed by atoms with van der Waals surface area (Å²) in [4.78, 5) is 24.9. The molecule has 0 bridgehead atoms. The van der Waals surface area contributed by atoms with Crippen LogP contribution in [0.2, 0.25) is 5.02 Å². The Morgan fingerprint density at radius 3 is 2.69 bits per heavy atom. The van der Waals surface area contributed by atoms with Crippen molar-refractivity contribution in [2.45, 2.75) is 25.3 Å². The van der Waals surface area contributed by atoms with E-state index in [1.807, 2.05) is 18.2 Å². The van der Waals surface area contributed by atoms with Gasteiger partial charge >= 0.3 is 6.03 Å². The number of nitro benzene ring substituents is 1. The van der Waals surface area contributed by atoms with E-state index in [0.717, 1.165) is 30.6 Å². The van der Waals surface area contributed by atoms with Crippen LogP contribution in [0.5, 0.6) is 11.5 Å². The lowest BCUT2D eigenvalue weighted by atomic mass is 10.0. The highest BCUT2D eigenvalue weighted by Gasteiger charge is 2.31. The minimum Gasteiger partial charge on any atom is -0.490 e. The first kappa shape index (κ1) is 19.3. The van der Waals surface area contributed by atoms with E-state index in [1.54, 1.807) is 4.90 Å². The van der Waals surface area contributed by atoms with Crippen LogP contribution in [-0.2, 0) is 0 Å². The Bertz CT molecular complexity index is 952. The van der Waals surface area contributed by atoms with Crippen LogP contribution in [-0.4, -0.2) is 35.6 Å². The van der Waals surface area contributed by atoms with Crippen molar-refractivity contribution in [1.82, 2.24) is 4.90 Å². The number of amides is 2. The third kappa shape index (κ3) is 4.07. The summed E-state index contributed by atoms with van der Waals surface area (Å²) < 4.78 is 11.4. The second-order valence-corrected chi connectivity index (χ2v) is 7.37. The summed E-state index contributed by atoms with van der Waals surface area (Å²) in [6, 6.07) is 9.38. The molecule has 2 aliphatic rings. The van der Waals surface area contributed by atoms with E-state index in [0.29, 0.717) is 31.2 Å². The first-order chi connectivity index (χ1) is 14.0. The molecular weight excluding hydrogens is 398 g/mol. The van der Waals surface area contributed by atoms with Crippen molar-refractivity contribution >= 4 is 29.0 Å². The molecule has 4 rings (SSSR count). The molecular formula is C20H20ClN3O5. The van der Waals surface area contributed by atoms with Crippen molar-refractivity contribution < 1.29 is 19.2 Å². The van der Waals surface area contributed by atoms with Crippen LogP contribution in [0.25, 0.3) is 0 Å². The maximum Gasteiger partial charge on any atom is 0.322 e. The van der Waals surface area contributed by atoms with Crippen molar-refractivity contribution in [3.05, 3.63) is 57.1 Å². The molecule has 2 aliphatic heterocycles. The highest BCUT2D eigenvalue weighted by molar-refractivity contribution is 6.33. The molecule has 2 aromatic carbocycles. The summed E-state index contributed by atoms with van der Waals surface area (Å²) in [5.41, 5.74) is 1.20. The summed E-state index contributed by atoms with van der Waals surface area (Å²) in [7, 11) is 0. The second-order valence-electron chi connectivity index (χ2n) is 6.96. The van der Waals surface area contributed by atoms with E-state index >= 15 is 0 Å². The molecule has 1 N–H and O–H groups in total. The third-order valence-electron chi connectivity index (χ3n) is 5.08. The van der Waals surface area contributed by atoms with Gasteiger partial charge in [0.05, 0.1) is 34.9 Å². The number of carbonyl (C=O) groups is 1. The summed E-state index contributed by atoms with van der Waals surface area (Å²) in [6.45, 7) is 1.83. The predicted molar refractivity (Wildman–Crippen MR) is 108 cm³/mol. The number of hydrogen-bond donors (Lipinski definition) is 1. The van der Waals surface area contributed by atoms with Gasteiger partial charge in [0.25, 0.3) is 5.69 Å². The zero-order valence-electron chi connectivity index (χ0n) is 15.6. The predicted octanol–water partition coefficient (Wildman–Crippen LogP) is 4.78. The van der Waals surface area contributed by atoms with Gasteiger partial charge in [0.2, 0.25) is 0 Å². The zero-order valence-corrected chi connectivity index (χ0v) is 16.4. The maximum atomic E-state index is 12.9. The van der Waals surface area contributed by atoms with Crippen molar-refractivity contribution in [3.8, 4) is 11.5 Å². The van der Waals surface area contributed by atoms with Crippen LogP contribution in [0.15, 0.2) is 36.4 Å². The van der Waals surface area contributed by atoms with Gasteiger partial charge in [-0.15, -0.1) is 0 Å². The summed E-state index contributed by atoms with van der Waals surface area (Å²) in [5.74, 6) is 1.42. The van der Waals surface area contributed by atoms with E-state index in [4.69, 9.17) is 21.1 Å². The molecule has 0 radical (unpaired) electrons. The minimum absolute atomic E-state index is 0.0935. The van der Waals surface area contributed by atoms with Crippen LogP contribution >= 0.6 is 11.6 Å². The highest BCUT2D eigenvalue weighted by Crippen LogP contribution is 2.38. The number of fused-ring (bicyclic) bond motifs is 1. The SMILES string of the molecule is O=C(Nc1ccc([N+](=O)[O-])cc1Cl)N1CCC[C@H]1c1ccc2c(c1)OCCCO2. The molecule has 8 nitrogen and oxygen atoms in total. The van der Waals surface area contributed by atoms with Gasteiger partial charge in [0.15, 0.2) is 11.5 Å². The number of nitro groups is 1. The maximum absolute atomic E-state index is 12.9. The zero-order chi connectivity index (χ0) is 20.4. The van der Waals surface area contributed by atoms with E-state index < -0.39 is 4.92 Å². The fourth-order valence-electron chi connectivity index (χ4n) is 3.65. The van der Waals surface area contributed by atoms with Gasteiger partial charge < -0.3 is 19.7 Å². The number of nitrogens with zero attached hydrogens (tertiary/aromatic N) is 2. The van der Waals surface area contributed by atoms with Crippen molar-refractivity contribution in [3.63, 3.8) is 0 Å². The molecule has 0 aromatic heterocycles. The Labute approximate surface area is 172 Å². The number of ether oxygens (including phenoxy) is 2. The molecule has 9 heteroatoms. The van der Waals surface area contributed by atoms with Gasteiger partial charge in [-0.1, -0.05) is 17.7 Å². The van der Waals surface area contributed by atoms with Crippen LogP contribution in [0, 0.1) is 10.1 Å². The van der Waals surface area contributed by atoms with Gasteiger partial charge in [0, 0.05) is 25.1 Å². The molecule has 2 aromatic rings. The van der Waals surface area contributed by atoms with E-state index in [9.17, 15) is 14.9 Å². The van der Waals surface area contributed by atoms with Crippen LogP contribution in [0.1, 0.15) is 30.9 Å². The van der Waals surface area contributed by atoms with Crippen molar-refractivity contribution in [1.29, 1.82) is 0 Å². The van der Waals surface area contributed by atoms with Crippen molar-refractivity contribution in [2.24, 2.45) is 0 Å². The Morgan fingerprint density at radius 2 is 1.93 bits per heavy atom. The van der Waals surface area contributed by atoms with Gasteiger partial charge in [-0.3, -0.25) is 10.1 Å². The monoisotopic (exact) mass is 417 g/mol. The molecule has 0 aliphatic carbocycles.